The lowest BCUT2D eigenvalue weighted by Gasteiger charge is -2.02. The molecule has 0 aliphatic carbocycles. The summed E-state index contributed by atoms with van der Waals surface area (Å²) in [5.41, 5.74) is 6.77. The van der Waals surface area contributed by atoms with Gasteiger partial charge in [0.15, 0.2) is 5.82 Å². The fraction of sp³-hybridized carbons (Fsp3) is 0.455. The summed E-state index contributed by atoms with van der Waals surface area (Å²) in [7, 11) is 0. The monoisotopic (exact) mass is 236 g/mol. The van der Waals surface area contributed by atoms with Gasteiger partial charge in [0.25, 0.3) is 0 Å². The van der Waals surface area contributed by atoms with Crippen molar-refractivity contribution in [3.05, 3.63) is 27.6 Å². The van der Waals surface area contributed by atoms with Crippen LogP contribution < -0.4 is 5.73 Å². The minimum absolute atomic E-state index is 0.551. The molecule has 0 fully saturated rings. The highest BCUT2D eigenvalue weighted by Crippen LogP contribution is 2.19. The summed E-state index contributed by atoms with van der Waals surface area (Å²) in [4.78, 5) is 2.71. The Kier molecular flexibility index (Phi) is 3.24. The Hall–Kier alpha value is -1.36. The highest BCUT2D eigenvalue weighted by atomic mass is 32.1. The van der Waals surface area contributed by atoms with Gasteiger partial charge in [0.1, 0.15) is 0 Å². The first-order chi connectivity index (χ1) is 7.74. The summed E-state index contributed by atoms with van der Waals surface area (Å²) >= 11 is 1.83. The summed E-state index contributed by atoms with van der Waals surface area (Å²) in [5, 5.41) is 7.97. The number of anilines is 1. The molecule has 2 aromatic heterocycles. The largest absolute Gasteiger partial charge is 0.381 e. The lowest BCUT2D eigenvalue weighted by atomic mass is 10.3. The standard InChI is InChI=1S/C11H16N4S/c1-3-8-5-6-9(16-8)7-15-10(4-2)11(12)13-14-15/h5-6H,3-4,7,12H2,1-2H3. The van der Waals surface area contributed by atoms with Crippen LogP contribution in [0.1, 0.15) is 29.3 Å². The first kappa shape index (κ1) is 11.1. The zero-order valence-electron chi connectivity index (χ0n) is 9.60. The first-order valence-electron chi connectivity index (χ1n) is 5.50. The van der Waals surface area contributed by atoms with Gasteiger partial charge in [-0.3, -0.25) is 0 Å². The SMILES string of the molecule is CCc1ccc(Cn2nnc(N)c2CC)s1. The quantitative estimate of drug-likeness (QED) is 0.884. The van der Waals surface area contributed by atoms with Gasteiger partial charge in [-0.25, -0.2) is 4.68 Å². The van der Waals surface area contributed by atoms with Crippen LogP contribution >= 0.6 is 11.3 Å². The van der Waals surface area contributed by atoms with E-state index in [0.717, 1.165) is 25.1 Å². The molecule has 16 heavy (non-hydrogen) atoms. The van der Waals surface area contributed by atoms with Gasteiger partial charge in [0.2, 0.25) is 0 Å². The number of hydrogen-bond acceptors (Lipinski definition) is 4. The van der Waals surface area contributed by atoms with Crippen molar-refractivity contribution in [3.8, 4) is 0 Å². The number of nitrogens with zero attached hydrogens (tertiary/aromatic N) is 3. The maximum atomic E-state index is 5.75. The average Bonchev–Trinajstić information content (AvgIpc) is 2.86. The van der Waals surface area contributed by atoms with Gasteiger partial charge < -0.3 is 5.73 Å². The van der Waals surface area contributed by atoms with Crippen molar-refractivity contribution in [2.45, 2.75) is 33.2 Å². The number of aryl methyl sites for hydroxylation is 1. The third kappa shape index (κ3) is 2.09. The Balaban J connectivity index is 2.19. The van der Waals surface area contributed by atoms with Crippen LogP contribution in [0.25, 0.3) is 0 Å². The molecular formula is C11H16N4S. The maximum absolute atomic E-state index is 5.75. The van der Waals surface area contributed by atoms with E-state index < -0.39 is 0 Å². The molecule has 0 bridgehead atoms. The van der Waals surface area contributed by atoms with E-state index in [2.05, 4.69) is 36.3 Å². The van der Waals surface area contributed by atoms with Crippen molar-refractivity contribution >= 4 is 17.2 Å². The Bertz CT molecular complexity index is 472. The Morgan fingerprint density at radius 2 is 2.00 bits per heavy atom. The summed E-state index contributed by atoms with van der Waals surface area (Å²) in [6.07, 6.45) is 1.95. The average molecular weight is 236 g/mol. The van der Waals surface area contributed by atoms with Crippen molar-refractivity contribution in [2.75, 3.05) is 5.73 Å². The molecule has 2 aromatic rings. The third-order valence-corrected chi connectivity index (χ3v) is 3.79. The second-order valence-corrected chi connectivity index (χ2v) is 4.91. The predicted octanol–water partition coefficient (Wildman–Crippen LogP) is 2.09. The molecule has 86 valence electrons. The molecule has 0 saturated carbocycles. The Morgan fingerprint density at radius 1 is 1.25 bits per heavy atom. The van der Waals surface area contributed by atoms with Gasteiger partial charge >= 0.3 is 0 Å². The molecule has 0 spiro atoms. The van der Waals surface area contributed by atoms with Crippen molar-refractivity contribution < 1.29 is 0 Å². The molecule has 0 unspecified atom stereocenters. The van der Waals surface area contributed by atoms with E-state index in [1.165, 1.54) is 9.75 Å². The number of thiophene rings is 1. The predicted molar refractivity (Wildman–Crippen MR) is 66.6 cm³/mol. The fourth-order valence-corrected chi connectivity index (χ4v) is 2.62. The molecule has 0 saturated heterocycles. The highest BCUT2D eigenvalue weighted by Gasteiger charge is 2.09. The fourth-order valence-electron chi connectivity index (χ4n) is 1.68. The smallest absolute Gasteiger partial charge is 0.169 e. The van der Waals surface area contributed by atoms with E-state index in [4.69, 9.17) is 5.73 Å². The number of nitrogen functional groups attached to an aromatic ring is 1. The van der Waals surface area contributed by atoms with Gasteiger partial charge in [-0.15, -0.1) is 16.4 Å². The molecule has 5 heteroatoms. The van der Waals surface area contributed by atoms with Gasteiger partial charge in [-0.1, -0.05) is 19.1 Å². The van der Waals surface area contributed by atoms with Gasteiger partial charge in [-0.05, 0) is 25.0 Å². The first-order valence-corrected chi connectivity index (χ1v) is 6.31. The second kappa shape index (κ2) is 4.65. The Morgan fingerprint density at radius 3 is 2.62 bits per heavy atom. The number of hydrogen-bond donors (Lipinski definition) is 1. The van der Waals surface area contributed by atoms with E-state index in [0.29, 0.717) is 5.82 Å². The molecule has 2 rings (SSSR count). The van der Waals surface area contributed by atoms with Crippen LogP contribution in [0.15, 0.2) is 12.1 Å². The van der Waals surface area contributed by atoms with Crippen molar-refractivity contribution in [1.29, 1.82) is 0 Å². The summed E-state index contributed by atoms with van der Waals surface area (Å²) in [6.45, 7) is 5.01. The summed E-state index contributed by atoms with van der Waals surface area (Å²) < 4.78 is 1.89. The molecule has 2 N–H and O–H groups in total. The number of nitrogens with two attached hydrogens (primary N) is 1. The summed E-state index contributed by atoms with van der Waals surface area (Å²) in [5.74, 6) is 0.551. The Labute approximate surface area is 99.1 Å². The number of rotatable bonds is 4. The van der Waals surface area contributed by atoms with Crippen LogP contribution in [-0.2, 0) is 19.4 Å². The van der Waals surface area contributed by atoms with Gasteiger partial charge in [-0.2, -0.15) is 0 Å². The van der Waals surface area contributed by atoms with Crippen LogP contribution in [0.2, 0.25) is 0 Å². The van der Waals surface area contributed by atoms with Crippen molar-refractivity contribution in [1.82, 2.24) is 15.0 Å². The molecule has 0 aliphatic rings. The lowest BCUT2D eigenvalue weighted by Crippen LogP contribution is -2.05. The van der Waals surface area contributed by atoms with Crippen molar-refractivity contribution in [3.63, 3.8) is 0 Å². The van der Waals surface area contributed by atoms with Crippen LogP contribution in [0, 0.1) is 0 Å². The molecule has 2 heterocycles. The van der Waals surface area contributed by atoms with E-state index in [1.54, 1.807) is 0 Å². The topological polar surface area (TPSA) is 56.7 Å². The lowest BCUT2D eigenvalue weighted by molar-refractivity contribution is 0.627. The highest BCUT2D eigenvalue weighted by molar-refractivity contribution is 7.11. The normalized spacial score (nSPS) is 10.9. The third-order valence-electron chi connectivity index (χ3n) is 2.57. The second-order valence-electron chi connectivity index (χ2n) is 3.65. The minimum Gasteiger partial charge on any atom is -0.381 e. The van der Waals surface area contributed by atoms with Crippen molar-refractivity contribution in [2.24, 2.45) is 0 Å². The van der Waals surface area contributed by atoms with Crippen LogP contribution in [-0.4, -0.2) is 15.0 Å². The van der Waals surface area contributed by atoms with Gasteiger partial charge in [0, 0.05) is 9.75 Å². The van der Waals surface area contributed by atoms with Gasteiger partial charge in [0.05, 0.1) is 12.2 Å². The van der Waals surface area contributed by atoms with E-state index >= 15 is 0 Å². The molecule has 0 radical (unpaired) electrons. The molecular weight excluding hydrogens is 220 g/mol. The molecule has 0 atom stereocenters. The molecule has 0 aliphatic heterocycles. The number of aromatic nitrogens is 3. The van der Waals surface area contributed by atoms with Crippen LogP contribution in [0.4, 0.5) is 5.82 Å². The molecule has 0 amide bonds. The zero-order valence-corrected chi connectivity index (χ0v) is 10.4. The van der Waals surface area contributed by atoms with E-state index in [9.17, 15) is 0 Å². The summed E-state index contributed by atoms with van der Waals surface area (Å²) in [6, 6.07) is 4.33. The minimum atomic E-state index is 0.551. The zero-order chi connectivity index (χ0) is 11.5. The van der Waals surface area contributed by atoms with Crippen LogP contribution in [0.3, 0.4) is 0 Å². The van der Waals surface area contributed by atoms with E-state index in [1.807, 2.05) is 16.0 Å². The van der Waals surface area contributed by atoms with Crippen LogP contribution in [0.5, 0.6) is 0 Å². The van der Waals surface area contributed by atoms with E-state index in [-0.39, 0.29) is 0 Å². The maximum Gasteiger partial charge on any atom is 0.169 e. The molecule has 0 aromatic carbocycles. The molecule has 4 nitrogen and oxygen atoms in total.